The van der Waals surface area contributed by atoms with Crippen molar-refractivity contribution in [3.05, 3.63) is 46.0 Å². The summed E-state index contributed by atoms with van der Waals surface area (Å²) in [5.74, 6) is -1.54. The molecule has 0 radical (unpaired) electrons. The third-order valence-electron chi connectivity index (χ3n) is 4.56. The minimum atomic E-state index is -0.935. The molecule has 0 spiro atoms. The molecule has 1 saturated heterocycles. The number of hydrogen-bond donors (Lipinski definition) is 2. The molecule has 4 rings (SSSR count). The molecular weight excluding hydrogens is 360 g/mol. The summed E-state index contributed by atoms with van der Waals surface area (Å²) in [6.07, 6.45) is 2.05. The number of nitrogens with one attached hydrogen (secondary N) is 1. The maximum Gasteiger partial charge on any atom is 0.159 e. The second kappa shape index (κ2) is 6.77. The molecule has 0 saturated carbocycles. The van der Waals surface area contributed by atoms with E-state index in [-0.39, 0.29) is 24.2 Å². The third kappa shape index (κ3) is 3.10. The van der Waals surface area contributed by atoms with Crippen molar-refractivity contribution in [3.8, 4) is 11.3 Å². The number of thiazole rings is 1. The van der Waals surface area contributed by atoms with Crippen molar-refractivity contribution < 1.29 is 18.6 Å². The first kappa shape index (κ1) is 17.1. The van der Waals surface area contributed by atoms with E-state index in [1.165, 1.54) is 17.4 Å². The van der Waals surface area contributed by atoms with E-state index in [1.54, 1.807) is 10.3 Å². The quantitative estimate of drug-likeness (QED) is 0.850. The predicted octanol–water partition coefficient (Wildman–Crippen LogP) is 3.83. The van der Waals surface area contributed by atoms with E-state index in [0.717, 1.165) is 31.6 Å². The average Bonchev–Trinajstić information content (AvgIpc) is 3.33. The number of amidine groups is 1. The second-order valence-electron chi connectivity index (χ2n) is 6.35. The van der Waals surface area contributed by atoms with Crippen LogP contribution in [0.3, 0.4) is 0 Å². The lowest BCUT2D eigenvalue weighted by molar-refractivity contribution is 0.0924. The van der Waals surface area contributed by atoms with Crippen LogP contribution < -0.4 is 0 Å². The Hall–Kier alpha value is -2.32. The Labute approximate surface area is 153 Å². The van der Waals surface area contributed by atoms with Crippen molar-refractivity contribution in [1.82, 2.24) is 9.88 Å². The van der Waals surface area contributed by atoms with E-state index in [9.17, 15) is 13.9 Å². The number of ether oxygens (including phenoxy) is 1. The zero-order valence-corrected chi connectivity index (χ0v) is 14.7. The zero-order chi connectivity index (χ0) is 18.3. The van der Waals surface area contributed by atoms with E-state index >= 15 is 0 Å². The number of aromatic nitrogens is 1. The van der Waals surface area contributed by atoms with Gasteiger partial charge in [0.05, 0.1) is 23.9 Å². The van der Waals surface area contributed by atoms with E-state index in [1.807, 2.05) is 0 Å². The van der Waals surface area contributed by atoms with Crippen LogP contribution in [-0.4, -0.2) is 46.6 Å². The van der Waals surface area contributed by atoms with Gasteiger partial charge in [0.25, 0.3) is 0 Å². The van der Waals surface area contributed by atoms with Gasteiger partial charge in [-0.2, -0.15) is 0 Å². The Balaban J connectivity index is 1.55. The molecule has 2 N–H and O–H groups in total. The number of nitrogens with zero attached hydrogens (tertiary/aromatic N) is 2. The molecule has 5 nitrogen and oxygen atoms in total. The molecule has 2 aromatic rings. The molecule has 2 aliphatic heterocycles. The van der Waals surface area contributed by atoms with Crippen LogP contribution in [0.5, 0.6) is 0 Å². The van der Waals surface area contributed by atoms with Crippen molar-refractivity contribution in [2.45, 2.75) is 18.9 Å². The molecule has 0 aliphatic carbocycles. The van der Waals surface area contributed by atoms with Gasteiger partial charge in [-0.05, 0) is 31.0 Å². The third-order valence-corrected chi connectivity index (χ3v) is 5.42. The van der Waals surface area contributed by atoms with Gasteiger partial charge >= 0.3 is 0 Å². The van der Waals surface area contributed by atoms with Crippen LogP contribution in [0.25, 0.3) is 16.8 Å². The van der Waals surface area contributed by atoms with Crippen LogP contribution in [-0.2, 0) is 4.74 Å². The minimum Gasteiger partial charge on any atom is -0.510 e. The molecule has 1 aromatic carbocycles. The van der Waals surface area contributed by atoms with Crippen LogP contribution in [0, 0.1) is 17.0 Å². The Morgan fingerprint density at radius 2 is 2.19 bits per heavy atom. The predicted molar refractivity (Wildman–Crippen MR) is 95.3 cm³/mol. The first-order valence-electron chi connectivity index (χ1n) is 8.32. The lowest BCUT2D eigenvalue weighted by Crippen LogP contribution is -2.34. The average molecular weight is 377 g/mol. The van der Waals surface area contributed by atoms with Crippen LogP contribution in [0.1, 0.15) is 17.8 Å². The highest BCUT2D eigenvalue weighted by Gasteiger charge is 2.32. The number of aliphatic hydroxyl groups is 1. The van der Waals surface area contributed by atoms with E-state index in [2.05, 4.69) is 4.98 Å². The highest BCUT2D eigenvalue weighted by Crippen LogP contribution is 2.33. The Bertz CT molecular complexity index is 890. The van der Waals surface area contributed by atoms with Crippen molar-refractivity contribution in [3.63, 3.8) is 0 Å². The SMILES string of the molecule is N=C1C(c2nc(-c3ccc(F)c(F)c3)cs2)=C(O)CN1C[C@H]1CCCO1. The fourth-order valence-electron chi connectivity index (χ4n) is 3.22. The van der Waals surface area contributed by atoms with Gasteiger partial charge in [-0.25, -0.2) is 13.8 Å². The number of aliphatic hydroxyl groups excluding tert-OH is 1. The molecule has 0 amide bonds. The Morgan fingerprint density at radius 1 is 1.35 bits per heavy atom. The molecular formula is C18H17F2N3O2S. The summed E-state index contributed by atoms with van der Waals surface area (Å²) >= 11 is 1.26. The fourth-order valence-corrected chi connectivity index (χ4v) is 4.12. The van der Waals surface area contributed by atoms with E-state index in [4.69, 9.17) is 10.1 Å². The summed E-state index contributed by atoms with van der Waals surface area (Å²) in [4.78, 5) is 6.19. The van der Waals surface area contributed by atoms with Crippen molar-refractivity contribution in [2.75, 3.05) is 19.7 Å². The van der Waals surface area contributed by atoms with Gasteiger partial charge in [0.1, 0.15) is 16.6 Å². The molecule has 0 bridgehead atoms. The van der Waals surface area contributed by atoms with Crippen LogP contribution in [0.2, 0.25) is 0 Å². The first-order valence-corrected chi connectivity index (χ1v) is 9.20. The van der Waals surface area contributed by atoms with Gasteiger partial charge in [0, 0.05) is 24.1 Å². The summed E-state index contributed by atoms with van der Waals surface area (Å²) in [6.45, 7) is 1.56. The summed E-state index contributed by atoms with van der Waals surface area (Å²) in [5, 5.41) is 20.9. The van der Waals surface area contributed by atoms with E-state index in [0.29, 0.717) is 28.4 Å². The molecule has 1 fully saturated rings. The molecule has 26 heavy (non-hydrogen) atoms. The summed E-state index contributed by atoms with van der Waals surface area (Å²) in [7, 11) is 0. The number of benzene rings is 1. The normalized spacial score (nSPS) is 20.5. The molecule has 1 atom stereocenters. The van der Waals surface area contributed by atoms with Crippen molar-refractivity contribution in [2.24, 2.45) is 0 Å². The highest BCUT2D eigenvalue weighted by molar-refractivity contribution is 7.11. The monoisotopic (exact) mass is 377 g/mol. The number of rotatable bonds is 4. The Kier molecular flexibility index (Phi) is 4.46. The standard InChI is InChI=1S/C18H17F2N3O2S/c19-12-4-3-10(6-13(12)20)14-9-26-18(22-14)16-15(24)8-23(17(16)21)7-11-2-1-5-25-11/h3-4,6,9,11,21,24H,1-2,5,7-8H2/t11-/m1/s1. The molecule has 8 heteroatoms. The summed E-state index contributed by atoms with van der Waals surface area (Å²) < 4.78 is 32.1. The van der Waals surface area contributed by atoms with Gasteiger partial charge in [-0.15, -0.1) is 11.3 Å². The van der Waals surface area contributed by atoms with Gasteiger partial charge in [-0.3, -0.25) is 5.41 Å². The van der Waals surface area contributed by atoms with Gasteiger partial charge in [0.2, 0.25) is 0 Å². The smallest absolute Gasteiger partial charge is 0.159 e. The van der Waals surface area contributed by atoms with Crippen molar-refractivity contribution >= 4 is 22.7 Å². The lowest BCUT2D eigenvalue weighted by Gasteiger charge is -2.21. The van der Waals surface area contributed by atoms with Gasteiger partial charge in [0.15, 0.2) is 11.6 Å². The fraction of sp³-hybridized carbons (Fsp3) is 0.333. The molecule has 1 aromatic heterocycles. The van der Waals surface area contributed by atoms with Crippen LogP contribution in [0.15, 0.2) is 29.3 Å². The zero-order valence-electron chi connectivity index (χ0n) is 13.8. The minimum absolute atomic E-state index is 0.0801. The molecule has 3 heterocycles. The topological polar surface area (TPSA) is 69.4 Å². The Morgan fingerprint density at radius 3 is 2.92 bits per heavy atom. The van der Waals surface area contributed by atoms with Crippen molar-refractivity contribution in [1.29, 1.82) is 5.41 Å². The number of halogens is 2. The highest BCUT2D eigenvalue weighted by atomic mass is 32.1. The van der Waals surface area contributed by atoms with Gasteiger partial charge in [-0.1, -0.05) is 0 Å². The number of hydrogen-bond acceptors (Lipinski definition) is 5. The van der Waals surface area contributed by atoms with E-state index < -0.39 is 11.6 Å². The maximum atomic E-state index is 13.4. The van der Waals surface area contributed by atoms with Gasteiger partial charge < -0.3 is 14.7 Å². The summed E-state index contributed by atoms with van der Waals surface area (Å²) in [6, 6.07) is 3.60. The maximum absolute atomic E-state index is 13.4. The van der Waals surface area contributed by atoms with Crippen LogP contribution >= 0.6 is 11.3 Å². The summed E-state index contributed by atoms with van der Waals surface area (Å²) in [5.41, 5.74) is 1.32. The molecule has 136 valence electrons. The lowest BCUT2D eigenvalue weighted by atomic mass is 10.1. The first-order chi connectivity index (χ1) is 12.5. The largest absolute Gasteiger partial charge is 0.510 e. The molecule has 2 aliphatic rings. The second-order valence-corrected chi connectivity index (χ2v) is 7.21. The molecule has 0 unspecified atom stereocenters. The van der Waals surface area contributed by atoms with Crippen LogP contribution in [0.4, 0.5) is 8.78 Å².